The molecule has 0 saturated heterocycles. The molecule has 1 atom stereocenters. The van der Waals surface area contributed by atoms with Crippen LogP contribution in [0.4, 0.5) is 0 Å². The van der Waals surface area contributed by atoms with Gasteiger partial charge in [-0.3, -0.25) is 9.78 Å². The number of nitrogens with zero attached hydrogens (tertiary/aromatic N) is 1. The minimum absolute atomic E-state index is 0.222. The number of hydrogen-bond donors (Lipinski definition) is 0. The van der Waals surface area contributed by atoms with Gasteiger partial charge < -0.3 is 0 Å². The van der Waals surface area contributed by atoms with E-state index in [0.29, 0.717) is 12.3 Å². The molecule has 1 aliphatic carbocycles. The highest BCUT2D eigenvalue weighted by molar-refractivity contribution is 5.99. The van der Waals surface area contributed by atoms with Crippen LogP contribution >= 0.6 is 0 Å². The highest BCUT2D eigenvalue weighted by Gasteiger charge is 2.27. The van der Waals surface area contributed by atoms with Gasteiger partial charge >= 0.3 is 0 Å². The summed E-state index contributed by atoms with van der Waals surface area (Å²) in [5.41, 5.74) is 4.45. The summed E-state index contributed by atoms with van der Waals surface area (Å²) in [6, 6.07) is 18.1. The van der Waals surface area contributed by atoms with Crippen LogP contribution in [0.3, 0.4) is 0 Å². The van der Waals surface area contributed by atoms with Gasteiger partial charge in [0.05, 0.1) is 5.52 Å². The van der Waals surface area contributed by atoms with Crippen molar-refractivity contribution in [3.05, 3.63) is 77.5 Å². The van der Waals surface area contributed by atoms with Gasteiger partial charge in [0.15, 0.2) is 5.78 Å². The maximum Gasteiger partial charge on any atom is 0.163 e. The number of rotatable bonds is 3. The largest absolute Gasteiger partial charge is 0.294 e. The SMILES string of the molecule is O=C(CC1Cc2ccccc21)c1ccc2ncccc2c1. The number of hydrogen-bond acceptors (Lipinski definition) is 2. The predicted octanol–water partition coefficient (Wildman–Crippen LogP) is 4.15. The summed E-state index contributed by atoms with van der Waals surface area (Å²) < 4.78 is 0. The summed E-state index contributed by atoms with van der Waals surface area (Å²) in [4.78, 5) is 16.8. The van der Waals surface area contributed by atoms with Crippen LogP contribution in [-0.4, -0.2) is 10.8 Å². The third kappa shape index (κ3) is 2.13. The molecule has 1 heterocycles. The molecule has 0 fully saturated rings. The smallest absolute Gasteiger partial charge is 0.163 e. The fraction of sp³-hybridized carbons (Fsp3) is 0.158. The topological polar surface area (TPSA) is 30.0 Å². The van der Waals surface area contributed by atoms with E-state index in [2.05, 4.69) is 29.2 Å². The lowest BCUT2D eigenvalue weighted by molar-refractivity contribution is 0.0970. The molecule has 1 aromatic heterocycles. The Kier molecular flexibility index (Phi) is 2.81. The van der Waals surface area contributed by atoms with E-state index < -0.39 is 0 Å². The lowest BCUT2D eigenvalue weighted by atomic mass is 9.74. The molecule has 1 aliphatic rings. The maximum absolute atomic E-state index is 12.5. The van der Waals surface area contributed by atoms with Crippen molar-refractivity contribution in [2.24, 2.45) is 0 Å². The zero-order valence-corrected chi connectivity index (χ0v) is 11.6. The number of carbonyl (C=O) groups is 1. The zero-order valence-electron chi connectivity index (χ0n) is 11.6. The van der Waals surface area contributed by atoms with Crippen LogP contribution in [-0.2, 0) is 6.42 Å². The first-order valence-electron chi connectivity index (χ1n) is 7.27. The average Bonchev–Trinajstić information content (AvgIpc) is 2.52. The number of benzene rings is 2. The zero-order chi connectivity index (χ0) is 14.2. The van der Waals surface area contributed by atoms with Gasteiger partial charge in [-0.25, -0.2) is 0 Å². The third-order valence-corrected chi connectivity index (χ3v) is 4.32. The van der Waals surface area contributed by atoms with Gasteiger partial charge in [-0.15, -0.1) is 0 Å². The first-order valence-corrected chi connectivity index (χ1v) is 7.27. The van der Waals surface area contributed by atoms with Crippen molar-refractivity contribution >= 4 is 16.7 Å². The Morgan fingerprint density at radius 3 is 2.90 bits per heavy atom. The van der Waals surface area contributed by atoms with E-state index in [4.69, 9.17) is 0 Å². The Balaban J connectivity index is 1.57. The molecule has 3 aromatic rings. The van der Waals surface area contributed by atoms with E-state index in [1.165, 1.54) is 11.1 Å². The lowest BCUT2D eigenvalue weighted by Gasteiger charge is -2.29. The summed E-state index contributed by atoms with van der Waals surface area (Å²) in [5, 5.41) is 1.03. The van der Waals surface area contributed by atoms with E-state index in [9.17, 15) is 4.79 Å². The van der Waals surface area contributed by atoms with Crippen LogP contribution in [0.5, 0.6) is 0 Å². The van der Waals surface area contributed by atoms with Crippen LogP contribution in [0, 0.1) is 0 Å². The van der Waals surface area contributed by atoms with E-state index >= 15 is 0 Å². The highest BCUT2D eigenvalue weighted by atomic mass is 16.1. The molecule has 2 nitrogen and oxygen atoms in total. The molecule has 21 heavy (non-hydrogen) atoms. The molecule has 0 saturated carbocycles. The van der Waals surface area contributed by atoms with Gasteiger partial charge in [0.2, 0.25) is 0 Å². The van der Waals surface area contributed by atoms with Crippen molar-refractivity contribution in [2.75, 3.05) is 0 Å². The Morgan fingerprint density at radius 2 is 2.00 bits per heavy atom. The molecule has 102 valence electrons. The van der Waals surface area contributed by atoms with Crippen LogP contribution < -0.4 is 0 Å². The van der Waals surface area contributed by atoms with Gasteiger partial charge in [-0.05, 0) is 47.7 Å². The first kappa shape index (κ1) is 12.3. The molecule has 1 unspecified atom stereocenters. The molecule has 2 aromatic carbocycles. The molecule has 0 amide bonds. The summed E-state index contributed by atoms with van der Waals surface area (Å²) in [5.74, 6) is 0.610. The van der Waals surface area contributed by atoms with Crippen molar-refractivity contribution in [3.63, 3.8) is 0 Å². The second-order valence-corrected chi connectivity index (χ2v) is 5.64. The Hall–Kier alpha value is -2.48. The second kappa shape index (κ2) is 4.81. The van der Waals surface area contributed by atoms with Crippen LogP contribution in [0.15, 0.2) is 60.8 Å². The number of carbonyl (C=O) groups excluding carboxylic acids is 1. The first-order chi connectivity index (χ1) is 10.3. The van der Waals surface area contributed by atoms with E-state index in [0.717, 1.165) is 22.9 Å². The van der Waals surface area contributed by atoms with Crippen molar-refractivity contribution < 1.29 is 4.79 Å². The predicted molar refractivity (Wildman–Crippen MR) is 83.6 cm³/mol. The fourth-order valence-corrected chi connectivity index (χ4v) is 3.14. The van der Waals surface area contributed by atoms with Gasteiger partial charge in [0.25, 0.3) is 0 Å². The van der Waals surface area contributed by atoms with Crippen molar-refractivity contribution in [2.45, 2.75) is 18.8 Å². The monoisotopic (exact) mass is 273 g/mol. The number of pyridine rings is 1. The van der Waals surface area contributed by atoms with Gasteiger partial charge in [0.1, 0.15) is 0 Å². The normalized spacial score (nSPS) is 16.3. The van der Waals surface area contributed by atoms with Gasteiger partial charge in [0, 0.05) is 23.6 Å². The summed E-state index contributed by atoms with van der Waals surface area (Å²) in [7, 11) is 0. The maximum atomic E-state index is 12.5. The fourth-order valence-electron chi connectivity index (χ4n) is 3.14. The van der Waals surface area contributed by atoms with Crippen molar-refractivity contribution in [3.8, 4) is 0 Å². The summed E-state index contributed by atoms with van der Waals surface area (Å²) in [6.45, 7) is 0. The minimum atomic E-state index is 0.222. The van der Waals surface area contributed by atoms with E-state index in [1.807, 2.05) is 30.3 Å². The summed E-state index contributed by atoms with van der Waals surface area (Å²) in [6.07, 6.45) is 3.40. The third-order valence-electron chi connectivity index (χ3n) is 4.32. The van der Waals surface area contributed by atoms with E-state index in [1.54, 1.807) is 6.20 Å². The molecular formula is C19H15NO. The van der Waals surface area contributed by atoms with Gasteiger partial charge in [-0.2, -0.15) is 0 Å². The second-order valence-electron chi connectivity index (χ2n) is 5.64. The number of aromatic nitrogens is 1. The number of Topliss-reactive ketones (excluding diaryl/α,β-unsaturated/α-hetero) is 1. The molecule has 0 aliphatic heterocycles. The highest BCUT2D eigenvalue weighted by Crippen LogP contribution is 2.38. The molecule has 0 bridgehead atoms. The van der Waals surface area contributed by atoms with E-state index in [-0.39, 0.29) is 5.78 Å². The molecule has 2 heteroatoms. The Bertz CT molecular complexity index is 838. The Labute approximate surface area is 123 Å². The molecular weight excluding hydrogens is 258 g/mol. The van der Waals surface area contributed by atoms with Crippen LogP contribution in [0.2, 0.25) is 0 Å². The Morgan fingerprint density at radius 1 is 1.10 bits per heavy atom. The van der Waals surface area contributed by atoms with Crippen molar-refractivity contribution in [1.82, 2.24) is 4.98 Å². The lowest BCUT2D eigenvalue weighted by Crippen LogP contribution is -2.20. The molecule has 4 rings (SSSR count). The molecule has 0 radical (unpaired) electrons. The quantitative estimate of drug-likeness (QED) is 0.671. The van der Waals surface area contributed by atoms with Crippen LogP contribution in [0.25, 0.3) is 10.9 Å². The standard InChI is InChI=1S/C19H15NO/c21-19(12-16-10-13-4-1-2-6-17(13)16)15-7-8-18-14(11-15)5-3-9-20-18/h1-9,11,16H,10,12H2. The van der Waals surface area contributed by atoms with Gasteiger partial charge in [-0.1, -0.05) is 30.3 Å². The summed E-state index contributed by atoms with van der Waals surface area (Å²) >= 11 is 0. The minimum Gasteiger partial charge on any atom is -0.294 e. The molecule has 0 spiro atoms. The number of ketones is 1. The molecule has 0 N–H and O–H groups in total. The average molecular weight is 273 g/mol. The van der Waals surface area contributed by atoms with Crippen LogP contribution in [0.1, 0.15) is 33.8 Å². The van der Waals surface area contributed by atoms with Crippen molar-refractivity contribution in [1.29, 1.82) is 0 Å². The number of fused-ring (bicyclic) bond motifs is 2.